The van der Waals surface area contributed by atoms with Crippen molar-refractivity contribution in [3.05, 3.63) is 35.0 Å². The van der Waals surface area contributed by atoms with Crippen LogP contribution in [-0.2, 0) is 9.84 Å². The summed E-state index contributed by atoms with van der Waals surface area (Å²) < 4.78 is 23.4. The van der Waals surface area contributed by atoms with Gasteiger partial charge in [-0.25, -0.2) is 13.2 Å². The van der Waals surface area contributed by atoms with E-state index in [1.54, 1.807) is 11.9 Å². The molecule has 1 saturated heterocycles. The molecule has 2 aromatic rings. The number of nitrogens with zero attached hydrogens (tertiary/aromatic N) is 4. The summed E-state index contributed by atoms with van der Waals surface area (Å²) in [7, 11) is -1.42. The van der Waals surface area contributed by atoms with Gasteiger partial charge in [-0.15, -0.1) is 15.0 Å². The molecule has 0 amide bonds. The summed E-state index contributed by atoms with van der Waals surface area (Å²) in [5.74, 6) is -0.913. The fourth-order valence-electron chi connectivity index (χ4n) is 2.97. The van der Waals surface area contributed by atoms with Gasteiger partial charge in [0.15, 0.2) is 15.7 Å². The zero-order valence-electron chi connectivity index (χ0n) is 14.3. The molecule has 0 radical (unpaired) electrons. The third kappa shape index (κ3) is 3.37. The topological polar surface area (TPSA) is 105 Å². The Morgan fingerprint density at radius 1 is 1.32 bits per heavy atom. The minimum absolute atomic E-state index is 0.00110. The molecular weight excluding hydrogens is 344 g/mol. The molecule has 1 aliphatic heterocycles. The Balaban J connectivity index is 2.04. The number of carboxylic acids is 1. The molecule has 0 saturated carbocycles. The lowest BCUT2D eigenvalue weighted by Gasteiger charge is -2.22. The molecule has 1 aliphatic rings. The Morgan fingerprint density at radius 3 is 2.64 bits per heavy atom. The van der Waals surface area contributed by atoms with E-state index in [1.165, 1.54) is 4.80 Å². The predicted molar refractivity (Wildman–Crippen MR) is 93.3 cm³/mol. The maximum absolute atomic E-state index is 11.7. The second-order valence-corrected chi connectivity index (χ2v) is 8.65. The minimum Gasteiger partial charge on any atom is -0.476 e. The minimum atomic E-state index is -3.08. The van der Waals surface area contributed by atoms with Gasteiger partial charge in [-0.1, -0.05) is 12.1 Å². The molecule has 8 nitrogen and oxygen atoms in total. The van der Waals surface area contributed by atoms with Crippen LogP contribution in [0.4, 0.5) is 5.82 Å². The van der Waals surface area contributed by atoms with Gasteiger partial charge in [0.05, 0.1) is 17.2 Å². The highest BCUT2D eigenvalue weighted by atomic mass is 32.2. The normalized spacial score (nSPS) is 19.1. The molecule has 1 N–H and O–H groups in total. The van der Waals surface area contributed by atoms with E-state index in [1.807, 2.05) is 32.0 Å². The van der Waals surface area contributed by atoms with Crippen LogP contribution in [-0.4, -0.2) is 59.1 Å². The molecule has 1 atom stereocenters. The van der Waals surface area contributed by atoms with Crippen LogP contribution < -0.4 is 4.90 Å². The third-order valence-electron chi connectivity index (χ3n) is 4.47. The highest BCUT2D eigenvalue weighted by Gasteiger charge is 2.34. The number of hydrogen-bond donors (Lipinski definition) is 1. The second-order valence-electron chi connectivity index (χ2n) is 6.42. The number of aromatic carboxylic acids is 1. The molecule has 0 spiro atoms. The molecule has 0 bridgehead atoms. The molecule has 0 aliphatic carbocycles. The fraction of sp³-hybridized carbons (Fsp3) is 0.438. The van der Waals surface area contributed by atoms with Gasteiger partial charge >= 0.3 is 5.97 Å². The lowest BCUT2D eigenvalue weighted by molar-refractivity contribution is 0.0690. The van der Waals surface area contributed by atoms with Gasteiger partial charge in [0.1, 0.15) is 0 Å². The van der Waals surface area contributed by atoms with E-state index in [9.17, 15) is 18.3 Å². The van der Waals surface area contributed by atoms with E-state index < -0.39 is 15.8 Å². The van der Waals surface area contributed by atoms with Gasteiger partial charge in [-0.2, -0.15) is 0 Å². The van der Waals surface area contributed by atoms with E-state index in [-0.39, 0.29) is 29.1 Å². The molecule has 2 heterocycles. The highest BCUT2D eigenvalue weighted by molar-refractivity contribution is 7.91. The number of carboxylic acid groups (broad SMARTS) is 1. The van der Waals surface area contributed by atoms with Crippen LogP contribution in [0.1, 0.15) is 28.0 Å². The summed E-state index contributed by atoms with van der Waals surface area (Å²) >= 11 is 0. The Bertz CT molecular complexity index is 936. The largest absolute Gasteiger partial charge is 0.476 e. The van der Waals surface area contributed by atoms with Crippen molar-refractivity contribution in [1.82, 2.24) is 15.0 Å². The Labute approximate surface area is 146 Å². The maximum Gasteiger partial charge on any atom is 0.360 e. The van der Waals surface area contributed by atoms with Gasteiger partial charge in [0.25, 0.3) is 0 Å². The molecular formula is C16H20N4O4S. The molecule has 1 unspecified atom stereocenters. The van der Waals surface area contributed by atoms with Crippen molar-refractivity contribution in [3.8, 4) is 5.69 Å². The summed E-state index contributed by atoms with van der Waals surface area (Å²) in [4.78, 5) is 14.5. The predicted octanol–water partition coefficient (Wildman–Crippen LogP) is 1.21. The summed E-state index contributed by atoms with van der Waals surface area (Å²) in [6.07, 6.45) is 0.453. The number of rotatable bonds is 4. The van der Waals surface area contributed by atoms with Crippen LogP contribution in [0.15, 0.2) is 18.2 Å². The van der Waals surface area contributed by atoms with E-state index >= 15 is 0 Å². The average molecular weight is 364 g/mol. The second kappa shape index (κ2) is 6.14. The number of aryl methyl sites for hydroxylation is 2. The summed E-state index contributed by atoms with van der Waals surface area (Å²) in [5, 5.41) is 18.0. The average Bonchev–Trinajstić information content (AvgIpc) is 3.12. The van der Waals surface area contributed by atoms with Gasteiger partial charge in [-0.3, -0.25) is 0 Å². The van der Waals surface area contributed by atoms with Crippen molar-refractivity contribution in [1.29, 1.82) is 0 Å². The summed E-state index contributed by atoms with van der Waals surface area (Å²) in [5.41, 5.74) is 2.43. The lowest BCUT2D eigenvalue weighted by Crippen LogP contribution is -2.34. The molecule has 1 fully saturated rings. The quantitative estimate of drug-likeness (QED) is 0.869. The van der Waals surface area contributed by atoms with Crippen molar-refractivity contribution in [2.24, 2.45) is 0 Å². The van der Waals surface area contributed by atoms with Crippen molar-refractivity contribution in [3.63, 3.8) is 0 Å². The molecule has 9 heteroatoms. The SMILES string of the molecule is Cc1ccc(C)c(-n2nc(C(=O)O)c(N(C)C3CCS(=O)(=O)C3)n2)c1. The van der Waals surface area contributed by atoms with E-state index in [0.29, 0.717) is 12.1 Å². The Hall–Kier alpha value is -2.42. The Morgan fingerprint density at radius 2 is 2.04 bits per heavy atom. The number of carbonyl (C=O) groups is 1. The van der Waals surface area contributed by atoms with Crippen molar-refractivity contribution < 1.29 is 18.3 Å². The fourth-order valence-corrected chi connectivity index (χ4v) is 4.75. The highest BCUT2D eigenvalue weighted by Crippen LogP contribution is 2.25. The van der Waals surface area contributed by atoms with Crippen LogP contribution in [0, 0.1) is 13.8 Å². The number of benzene rings is 1. The zero-order chi connectivity index (χ0) is 18.4. The lowest BCUT2D eigenvalue weighted by atomic mass is 10.1. The number of anilines is 1. The first-order valence-electron chi connectivity index (χ1n) is 7.89. The van der Waals surface area contributed by atoms with Gasteiger partial charge in [0, 0.05) is 13.1 Å². The maximum atomic E-state index is 11.7. The number of sulfone groups is 1. The van der Waals surface area contributed by atoms with Crippen LogP contribution in [0.5, 0.6) is 0 Å². The Kier molecular flexibility index (Phi) is 4.28. The van der Waals surface area contributed by atoms with Gasteiger partial charge in [0.2, 0.25) is 5.69 Å². The smallest absolute Gasteiger partial charge is 0.360 e. The van der Waals surface area contributed by atoms with Crippen molar-refractivity contribution in [2.75, 3.05) is 23.5 Å². The van der Waals surface area contributed by atoms with Gasteiger partial charge in [-0.05, 0) is 37.5 Å². The number of aromatic nitrogens is 3. The van der Waals surface area contributed by atoms with Crippen LogP contribution >= 0.6 is 0 Å². The zero-order valence-corrected chi connectivity index (χ0v) is 15.1. The first kappa shape index (κ1) is 17.4. The van der Waals surface area contributed by atoms with Crippen LogP contribution in [0.2, 0.25) is 0 Å². The molecule has 1 aromatic carbocycles. The number of hydrogen-bond acceptors (Lipinski definition) is 6. The molecule has 3 rings (SSSR count). The summed E-state index contributed by atoms with van der Waals surface area (Å²) in [6, 6.07) is 5.45. The summed E-state index contributed by atoms with van der Waals surface area (Å²) in [6.45, 7) is 3.83. The van der Waals surface area contributed by atoms with Crippen molar-refractivity contribution in [2.45, 2.75) is 26.3 Å². The van der Waals surface area contributed by atoms with Crippen LogP contribution in [0.25, 0.3) is 5.69 Å². The molecule has 1 aromatic heterocycles. The van der Waals surface area contributed by atoms with E-state index in [0.717, 1.165) is 11.1 Å². The molecule has 134 valence electrons. The van der Waals surface area contributed by atoms with E-state index in [4.69, 9.17) is 0 Å². The monoisotopic (exact) mass is 364 g/mol. The third-order valence-corrected chi connectivity index (χ3v) is 6.22. The first-order valence-corrected chi connectivity index (χ1v) is 9.71. The van der Waals surface area contributed by atoms with Gasteiger partial charge < -0.3 is 10.0 Å². The standard InChI is InChI=1S/C16H20N4O4S/c1-10-4-5-11(2)13(8-10)20-17-14(16(21)22)15(18-20)19(3)12-6-7-25(23,24)9-12/h4-5,8,12H,6-7,9H2,1-3H3,(H,21,22). The van der Waals surface area contributed by atoms with Crippen molar-refractivity contribution >= 4 is 21.6 Å². The van der Waals surface area contributed by atoms with Crippen LogP contribution in [0.3, 0.4) is 0 Å². The van der Waals surface area contributed by atoms with E-state index in [2.05, 4.69) is 10.2 Å². The molecule has 25 heavy (non-hydrogen) atoms. The first-order chi connectivity index (χ1) is 11.7.